The van der Waals surface area contributed by atoms with Crippen molar-refractivity contribution in [1.82, 2.24) is 20.1 Å². The Hall–Kier alpha value is -3.61. The van der Waals surface area contributed by atoms with Crippen molar-refractivity contribution in [3.8, 4) is 11.5 Å². The maximum Gasteiger partial charge on any atom is 0.267 e. The standard InChI is InChI=1S/C22H22N4O3/c1-22(2,26-20(27)10-9-18(25-26)19-8-5-13-29-19)21(28)23-12-11-15-14-24-17-7-4-3-6-16(15)17/h3-10,13-14,24H,11-12H2,1-2H3,(H,23,28). The van der Waals surface area contributed by atoms with Crippen molar-refractivity contribution in [3.05, 3.63) is 76.9 Å². The van der Waals surface area contributed by atoms with Gasteiger partial charge >= 0.3 is 0 Å². The molecule has 0 spiro atoms. The molecule has 148 valence electrons. The molecule has 0 fully saturated rings. The second kappa shape index (κ2) is 7.43. The van der Waals surface area contributed by atoms with Gasteiger partial charge in [-0.3, -0.25) is 9.59 Å². The number of rotatable bonds is 6. The van der Waals surface area contributed by atoms with E-state index in [9.17, 15) is 9.59 Å². The fourth-order valence-corrected chi connectivity index (χ4v) is 3.33. The Morgan fingerprint density at radius 3 is 2.79 bits per heavy atom. The first-order valence-electron chi connectivity index (χ1n) is 9.45. The number of carbonyl (C=O) groups excluding carboxylic acids is 1. The summed E-state index contributed by atoms with van der Waals surface area (Å²) in [5.74, 6) is 0.262. The van der Waals surface area contributed by atoms with E-state index >= 15 is 0 Å². The maximum absolute atomic E-state index is 12.9. The smallest absolute Gasteiger partial charge is 0.267 e. The molecule has 3 aromatic heterocycles. The van der Waals surface area contributed by atoms with Gasteiger partial charge in [0.2, 0.25) is 5.91 Å². The van der Waals surface area contributed by atoms with Gasteiger partial charge in [0, 0.05) is 29.7 Å². The average molecular weight is 390 g/mol. The summed E-state index contributed by atoms with van der Waals surface area (Å²) in [6.07, 6.45) is 4.18. The van der Waals surface area contributed by atoms with E-state index in [-0.39, 0.29) is 11.5 Å². The van der Waals surface area contributed by atoms with Crippen molar-refractivity contribution >= 4 is 16.8 Å². The number of aromatic amines is 1. The molecule has 0 aliphatic rings. The van der Waals surface area contributed by atoms with Gasteiger partial charge in [0.15, 0.2) is 5.76 Å². The molecule has 1 aromatic carbocycles. The van der Waals surface area contributed by atoms with Crippen LogP contribution in [-0.2, 0) is 16.8 Å². The molecular formula is C22H22N4O3. The average Bonchev–Trinajstić information content (AvgIpc) is 3.38. The number of fused-ring (bicyclic) bond motifs is 1. The third-order valence-electron chi connectivity index (χ3n) is 5.01. The highest BCUT2D eigenvalue weighted by molar-refractivity contribution is 5.84. The number of nitrogens with zero attached hydrogens (tertiary/aromatic N) is 2. The Balaban J connectivity index is 1.49. The lowest BCUT2D eigenvalue weighted by Crippen LogP contribution is -2.50. The number of benzene rings is 1. The second-order valence-electron chi connectivity index (χ2n) is 7.37. The van der Waals surface area contributed by atoms with Gasteiger partial charge in [-0.2, -0.15) is 5.10 Å². The SMILES string of the molecule is CC(C)(C(=O)NCCc1c[nH]c2ccccc12)n1nc(-c2ccco2)ccc1=O. The molecule has 0 unspecified atom stereocenters. The van der Waals surface area contributed by atoms with Crippen LogP contribution >= 0.6 is 0 Å². The molecule has 4 rings (SSSR count). The molecule has 7 nitrogen and oxygen atoms in total. The third-order valence-corrected chi connectivity index (χ3v) is 5.01. The van der Waals surface area contributed by atoms with E-state index < -0.39 is 5.54 Å². The number of H-pyrrole nitrogens is 1. The Kier molecular flexibility index (Phi) is 4.80. The Labute approximate surface area is 167 Å². The van der Waals surface area contributed by atoms with Crippen LogP contribution in [0, 0.1) is 0 Å². The van der Waals surface area contributed by atoms with Crippen LogP contribution in [0.15, 0.2) is 70.2 Å². The first-order chi connectivity index (χ1) is 14.0. The minimum Gasteiger partial charge on any atom is -0.463 e. The molecule has 0 radical (unpaired) electrons. The van der Waals surface area contributed by atoms with Gasteiger partial charge in [0.25, 0.3) is 5.56 Å². The molecule has 3 heterocycles. The molecule has 7 heteroatoms. The van der Waals surface area contributed by atoms with Gasteiger partial charge < -0.3 is 14.7 Å². The molecule has 29 heavy (non-hydrogen) atoms. The van der Waals surface area contributed by atoms with Crippen molar-refractivity contribution < 1.29 is 9.21 Å². The van der Waals surface area contributed by atoms with Gasteiger partial charge in [-0.15, -0.1) is 0 Å². The monoisotopic (exact) mass is 390 g/mol. The quantitative estimate of drug-likeness (QED) is 0.529. The van der Waals surface area contributed by atoms with E-state index in [1.54, 1.807) is 32.0 Å². The summed E-state index contributed by atoms with van der Waals surface area (Å²) in [5, 5.41) is 8.42. The summed E-state index contributed by atoms with van der Waals surface area (Å²) in [5.41, 5.74) is 1.19. The van der Waals surface area contributed by atoms with Crippen LogP contribution in [0.3, 0.4) is 0 Å². The largest absolute Gasteiger partial charge is 0.463 e. The zero-order chi connectivity index (χ0) is 20.4. The molecule has 0 saturated carbocycles. The predicted octanol–water partition coefficient (Wildman–Crippen LogP) is 3.08. The van der Waals surface area contributed by atoms with E-state index in [2.05, 4.69) is 21.5 Å². The lowest BCUT2D eigenvalue weighted by Gasteiger charge is -2.25. The van der Waals surface area contributed by atoms with Crippen LogP contribution < -0.4 is 10.9 Å². The van der Waals surface area contributed by atoms with Crippen molar-refractivity contribution in [1.29, 1.82) is 0 Å². The number of hydrogen-bond acceptors (Lipinski definition) is 4. The molecule has 4 aromatic rings. The van der Waals surface area contributed by atoms with Gasteiger partial charge in [0.1, 0.15) is 11.2 Å². The summed E-state index contributed by atoms with van der Waals surface area (Å²) >= 11 is 0. The van der Waals surface area contributed by atoms with Gasteiger partial charge in [-0.1, -0.05) is 18.2 Å². The fourth-order valence-electron chi connectivity index (χ4n) is 3.33. The Morgan fingerprint density at radius 1 is 1.17 bits per heavy atom. The summed E-state index contributed by atoms with van der Waals surface area (Å²) < 4.78 is 6.55. The predicted molar refractivity (Wildman–Crippen MR) is 111 cm³/mol. The molecule has 0 atom stereocenters. The Morgan fingerprint density at radius 2 is 2.00 bits per heavy atom. The summed E-state index contributed by atoms with van der Waals surface area (Å²) in [4.78, 5) is 28.5. The zero-order valence-corrected chi connectivity index (χ0v) is 16.3. The highest BCUT2D eigenvalue weighted by atomic mass is 16.3. The van der Waals surface area contributed by atoms with Crippen LogP contribution in [0.25, 0.3) is 22.4 Å². The maximum atomic E-state index is 12.9. The van der Waals surface area contributed by atoms with E-state index in [0.717, 1.165) is 16.5 Å². The lowest BCUT2D eigenvalue weighted by molar-refractivity contribution is -0.128. The zero-order valence-electron chi connectivity index (χ0n) is 16.3. The van der Waals surface area contributed by atoms with Crippen molar-refractivity contribution in [2.75, 3.05) is 6.54 Å². The normalized spacial score (nSPS) is 11.7. The fraction of sp³-hybridized carbons (Fsp3) is 0.227. The molecule has 0 aliphatic carbocycles. The van der Waals surface area contributed by atoms with Crippen molar-refractivity contribution in [2.45, 2.75) is 25.8 Å². The molecule has 0 saturated heterocycles. The summed E-state index contributed by atoms with van der Waals surface area (Å²) in [7, 11) is 0. The minimum atomic E-state index is -1.15. The van der Waals surface area contributed by atoms with E-state index in [1.165, 1.54) is 17.0 Å². The minimum absolute atomic E-state index is 0.275. The van der Waals surface area contributed by atoms with E-state index in [4.69, 9.17) is 4.42 Å². The number of furan rings is 1. The highest BCUT2D eigenvalue weighted by Crippen LogP contribution is 2.19. The molecule has 2 N–H and O–H groups in total. The molecular weight excluding hydrogens is 368 g/mol. The van der Waals surface area contributed by atoms with Gasteiger partial charge in [0.05, 0.1) is 6.26 Å². The van der Waals surface area contributed by atoms with Gasteiger partial charge in [-0.25, -0.2) is 4.68 Å². The number of carbonyl (C=O) groups is 1. The van der Waals surface area contributed by atoms with Crippen molar-refractivity contribution in [2.24, 2.45) is 0 Å². The molecule has 0 bridgehead atoms. The molecule has 0 aliphatic heterocycles. The van der Waals surface area contributed by atoms with Crippen LogP contribution in [0.5, 0.6) is 0 Å². The van der Waals surface area contributed by atoms with Crippen LogP contribution in [0.2, 0.25) is 0 Å². The first kappa shape index (κ1) is 18.7. The van der Waals surface area contributed by atoms with E-state index in [0.29, 0.717) is 24.4 Å². The third kappa shape index (κ3) is 3.59. The highest BCUT2D eigenvalue weighted by Gasteiger charge is 2.32. The number of amides is 1. The number of aromatic nitrogens is 3. The van der Waals surface area contributed by atoms with Crippen molar-refractivity contribution in [3.63, 3.8) is 0 Å². The van der Waals surface area contributed by atoms with Crippen LogP contribution in [-0.4, -0.2) is 27.2 Å². The van der Waals surface area contributed by atoms with Crippen LogP contribution in [0.1, 0.15) is 19.4 Å². The Bertz CT molecular complexity index is 1200. The van der Waals surface area contributed by atoms with Crippen LogP contribution in [0.4, 0.5) is 0 Å². The van der Waals surface area contributed by atoms with E-state index in [1.807, 2.05) is 24.4 Å². The number of para-hydroxylation sites is 1. The first-order valence-corrected chi connectivity index (χ1v) is 9.45. The second-order valence-corrected chi connectivity index (χ2v) is 7.37. The molecule has 1 amide bonds. The topological polar surface area (TPSA) is 92.9 Å². The summed E-state index contributed by atoms with van der Waals surface area (Å²) in [6.45, 7) is 3.80. The van der Waals surface area contributed by atoms with Gasteiger partial charge in [-0.05, 0) is 50.1 Å². The summed E-state index contributed by atoms with van der Waals surface area (Å²) in [6, 6.07) is 14.5. The lowest BCUT2D eigenvalue weighted by atomic mass is 10.0. The number of nitrogens with one attached hydrogen (secondary N) is 2. The number of hydrogen-bond donors (Lipinski definition) is 2.